The first kappa shape index (κ1) is 56.3. The van der Waals surface area contributed by atoms with Gasteiger partial charge in [-0.1, -0.05) is 220 Å². The van der Waals surface area contributed by atoms with Gasteiger partial charge in [-0.05, 0) is 70.3 Å². The summed E-state index contributed by atoms with van der Waals surface area (Å²) in [5.41, 5.74) is 0. The number of amides is 1. The topological polar surface area (TPSA) is 95.9 Å². The summed E-state index contributed by atoms with van der Waals surface area (Å²) in [6.07, 6.45) is 64.2. The minimum Gasteiger partial charge on any atom is -0.458 e. The molecular formula is C54H87NO5. The van der Waals surface area contributed by atoms with Gasteiger partial charge >= 0.3 is 5.97 Å². The van der Waals surface area contributed by atoms with Crippen LogP contribution in [0.3, 0.4) is 0 Å². The minimum absolute atomic E-state index is 0.0650. The summed E-state index contributed by atoms with van der Waals surface area (Å²) in [6, 6.07) is -0.754. The summed E-state index contributed by atoms with van der Waals surface area (Å²) in [5, 5.41) is 23.5. The average Bonchev–Trinajstić information content (AvgIpc) is 3.24. The Kier molecular flexibility index (Phi) is 43.4. The van der Waals surface area contributed by atoms with Crippen LogP contribution in [0.15, 0.2) is 122 Å². The predicted octanol–water partition coefficient (Wildman–Crippen LogP) is 14.1. The molecule has 0 heterocycles. The van der Waals surface area contributed by atoms with Gasteiger partial charge in [0.1, 0.15) is 6.10 Å². The number of aliphatic hydroxyl groups excluding tert-OH is 2. The Bertz CT molecular complexity index is 1300. The van der Waals surface area contributed by atoms with Gasteiger partial charge in [-0.25, -0.2) is 0 Å². The van der Waals surface area contributed by atoms with Crippen molar-refractivity contribution in [2.75, 3.05) is 6.61 Å². The number of esters is 1. The maximum Gasteiger partial charge on any atom is 0.306 e. The summed E-state index contributed by atoms with van der Waals surface area (Å²) < 4.78 is 5.79. The van der Waals surface area contributed by atoms with Crippen molar-refractivity contribution >= 4 is 11.9 Å². The monoisotopic (exact) mass is 830 g/mol. The molecule has 0 bridgehead atoms. The SMILES string of the molecule is CC/C=C/C/C=C/C/C=C/C/C=C/C/C=C/C(CC(=O)NC(CO)C(O)CCCCCCCCCCC)OC(=O)CCCCCCC/C=C/C=C/C=C/C=C/C=C/CCC. The Hall–Kier alpha value is -3.74. The molecule has 0 radical (unpaired) electrons. The Balaban J connectivity index is 4.83. The molecule has 0 fully saturated rings. The zero-order valence-corrected chi connectivity index (χ0v) is 38.3. The molecule has 3 unspecified atom stereocenters. The van der Waals surface area contributed by atoms with E-state index < -0.39 is 18.2 Å². The predicted molar refractivity (Wildman–Crippen MR) is 259 cm³/mol. The normalized spacial score (nSPS) is 14.4. The van der Waals surface area contributed by atoms with Crippen LogP contribution in [0.2, 0.25) is 0 Å². The van der Waals surface area contributed by atoms with Gasteiger partial charge in [0.15, 0.2) is 0 Å². The van der Waals surface area contributed by atoms with Crippen molar-refractivity contribution in [2.45, 2.75) is 200 Å². The molecule has 0 aromatic carbocycles. The van der Waals surface area contributed by atoms with Gasteiger partial charge in [-0.15, -0.1) is 0 Å². The second kappa shape index (κ2) is 46.3. The Morgan fingerprint density at radius 1 is 0.533 bits per heavy atom. The zero-order chi connectivity index (χ0) is 43.8. The second-order valence-electron chi connectivity index (χ2n) is 15.5. The Morgan fingerprint density at radius 2 is 1.02 bits per heavy atom. The van der Waals surface area contributed by atoms with Crippen LogP contribution in [-0.2, 0) is 14.3 Å². The lowest BCUT2D eigenvalue weighted by molar-refractivity contribution is -0.148. The molecular weight excluding hydrogens is 743 g/mol. The smallest absolute Gasteiger partial charge is 0.306 e. The molecule has 6 nitrogen and oxygen atoms in total. The van der Waals surface area contributed by atoms with E-state index >= 15 is 0 Å². The van der Waals surface area contributed by atoms with E-state index in [0.29, 0.717) is 19.3 Å². The van der Waals surface area contributed by atoms with Crippen LogP contribution >= 0.6 is 0 Å². The molecule has 0 aromatic heterocycles. The fourth-order valence-electron chi connectivity index (χ4n) is 6.30. The molecule has 6 heteroatoms. The van der Waals surface area contributed by atoms with Gasteiger partial charge in [0.2, 0.25) is 5.91 Å². The molecule has 0 saturated heterocycles. The van der Waals surface area contributed by atoms with Crippen molar-refractivity contribution in [1.29, 1.82) is 0 Å². The molecule has 3 N–H and O–H groups in total. The third kappa shape index (κ3) is 41.0. The van der Waals surface area contributed by atoms with Crippen molar-refractivity contribution < 1.29 is 24.5 Å². The maximum absolute atomic E-state index is 13.1. The van der Waals surface area contributed by atoms with Gasteiger partial charge in [0.25, 0.3) is 0 Å². The third-order valence-electron chi connectivity index (χ3n) is 9.88. The van der Waals surface area contributed by atoms with Crippen LogP contribution in [0.25, 0.3) is 0 Å². The molecule has 1 amide bonds. The number of rotatable bonds is 40. The second-order valence-corrected chi connectivity index (χ2v) is 15.5. The standard InChI is InChI=1S/C54H87NO5/c1-4-7-10-13-16-19-21-23-25-26-27-28-30-32-35-38-41-44-47-54(59)60-50(45-42-39-36-34-31-29-24-22-20-17-14-11-8-5-2)48-53(58)55-51(49-56)52(57)46-43-40-37-33-18-15-12-9-6-3/h8,10-11,13,16-17,19-21,23-29,34,36,42,45,50-52,56-57H,4-7,9,12,14-15,18,22,30-33,35,37-41,43-44,46-49H2,1-3H3,(H,55,58)/b11-8+,13-10+,19-16+,20-17+,23-21+,26-25+,28-27+,29-24+,36-34+,45-42+. The number of allylic oxidation sites excluding steroid dienone is 19. The number of carbonyl (C=O) groups excluding carboxylic acids is 2. The van der Waals surface area contributed by atoms with Crippen LogP contribution in [-0.4, -0.2) is 46.9 Å². The quantitative estimate of drug-likeness (QED) is 0.0247. The van der Waals surface area contributed by atoms with E-state index in [1.807, 2.05) is 42.5 Å². The molecule has 3 atom stereocenters. The van der Waals surface area contributed by atoms with Crippen LogP contribution in [0.5, 0.6) is 0 Å². The number of unbranched alkanes of at least 4 members (excludes halogenated alkanes) is 14. The van der Waals surface area contributed by atoms with Gasteiger partial charge in [0, 0.05) is 6.42 Å². The fourth-order valence-corrected chi connectivity index (χ4v) is 6.30. The molecule has 0 aliphatic heterocycles. The third-order valence-corrected chi connectivity index (χ3v) is 9.88. The van der Waals surface area contributed by atoms with Gasteiger partial charge in [-0.2, -0.15) is 0 Å². The van der Waals surface area contributed by atoms with Gasteiger partial charge in [0.05, 0.1) is 25.2 Å². The van der Waals surface area contributed by atoms with Gasteiger partial charge in [-0.3, -0.25) is 9.59 Å². The summed E-state index contributed by atoms with van der Waals surface area (Å²) >= 11 is 0. The molecule has 0 aliphatic rings. The summed E-state index contributed by atoms with van der Waals surface area (Å²) in [4.78, 5) is 26.0. The van der Waals surface area contributed by atoms with Crippen molar-refractivity contribution in [3.63, 3.8) is 0 Å². The minimum atomic E-state index is -0.830. The van der Waals surface area contributed by atoms with E-state index in [1.165, 1.54) is 44.9 Å². The van der Waals surface area contributed by atoms with Crippen molar-refractivity contribution in [1.82, 2.24) is 5.32 Å². The summed E-state index contributed by atoms with van der Waals surface area (Å²) in [7, 11) is 0. The lowest BCUT2D eigenvalue weighted by Crippen LogP contribution is -2.46. The van der Waals surface area contributed by atoms with E-state index in [-0.39, 0.29) is 24.9 Å². The van der Waals surface area contributed by atoms with E-state index in [2.05, 4.69) is 99.0 Å². The number of hydrogen-bond acceptors (Lipinski definition) is 5. The molecule has 0 aliphatic carbocycles. The molecule has 0 saturated carbocycles. The van der Waals surface area contributed by atoms with Crippen LogP contribution in [0.1, 0.15) is 181 Å². The highest BCUT2D eigenvalue weighted by Crippen LogP contribution is 2.14. The lowest BCUT2D eigenvalue weighted by atomic mass is 10.0. The first-order valence-corrected chi connectivity index (χ1v) is 23.8. The summed E-state index contributed by atoms with van der Waals surface area (Å²) in [5.74, 6) is -0.674. The largest absolute Gasteiger partial charge is 0.458 e. The lowest BCUT2D eigenvalue weighted by Gasteiger charge is -2.23. The number of aliphatic hydroxyl groups is 2. The summed E-state index contributed by atoms with van der Waals surface area (Å²) in [6.45, 7) is 6.19. The molecule has 0 spiro atoms. The molecule has 60 heavy (non-hydrogen) atoms. The highest BCUT2D eigenvalue weighted by molar-refractivity contribution is 5.78. The van der Waals surface area contributed by atoms with E-state index in [0.717, 1.165) is 89.9 Å². The van der Waals surface area contributed by atoms with Crippen molar-refractivity contribution in [3.8, 4) is 0 Å². The maximum atomic E-state index is 13.1. The van der Waals surface area contributed by atoms with E-state index in [4.69, 9.17) is 4.74 Å². The van der Waals surface area contributed by atoms with E-state index in [9.17, 15) is 19.8 Å². The fraction of sp³-hybridized carbons (Fsp3) is 0.593. The number of nitrogens with one attached hydrogen (secondary N) is 1. The molecule has 0 aromatic rings. The van der Waals surface area contributed by atoms with Crippen molar-refractivity contribution in [2.24, 2.45) is 0 Å². The van der Waals surface area contributed by atoms with Crippen LogP contribution < -0.4 is 5.32 Å². The van der Waals surface area contributed by atoms with Crippen molar-refractivity contribution in [3.05, 3.63) is 122 Å². The molecule has 0 rings (SSSR count). The zero-order valence-electron chi connectivity index (χ0n) is 38.3. The Labute approximate surface area is 368 Å². The first-order chi connectivity index (χ1) is 29.5. The van der Waals surface area contributed by atoms with Gasteiger partial charge < -0.3 is 20.3 Å². The molecule has 338 valence electrons. The van der Waals surface area contributed by atoms with E-state index in [1.54, 1.807) is 6.08 Å². The number of ether oxygens (including phenoxy) is 1. The first-order valence-electron chi connectivity index (χ1n) is 23.8. The number of carbonyl (C=O) groups is 2. The number of hydrogen-bond donors (Lipinski definition) is 3. The Morgan fingerprint density at radius 3 is 1.57 bits per heavy atom. The average molecular weight is 830 g/mol. The van der Waals surface area contributed by atoms with Crippen LogP contribution in [0.4, 0.5) is 0 Å². The highest BCUT2D eigenvalue weighted by Gasteiger charge is 2.23. The van der Waals surface area contributed by atoms with Crippen LogP contribution in [0, 0.1) is 0 Å². The highest BCUT2D eigenvalue weighted by atomic mass is 16.5.